The van der Waals surface area contributed by atoms with Gasteiger partial charge in [-0.2, -0.15) is 11.8 Å². The molecule has 0 radical (unpaired) electrons. The summed E-state index contributed by atoms with van der Waals surface area (Å²) in [5.41, 5.74) is 0.413. The second-order valence-electron chi connectivity index (χ2n) is 5.06. The Balaban J connectivity index is 1.97. The molecule has 82 valence electrons. The molecule has 14 heavy (non-hydrogen) atoms. The number of nitrogens with one attached hydrogen (secondary N) is 2. The van der Waals surface area contributed by atoms with Gasteiger partial charge in [-0.25, -0.2) is 0 Å². The van der Waals surface area contributed by atoms with Gasteiger partial charge in [-0.3, -0.25) is 0 Å². The second-order valence-corrected chi connectivity index (χ2v) is 6.17. The van der Waals surface area contributed by atoms with Gasteiger partial charge in [0.2, 0.25) is 0 Å². The maximum Gasteiger partial charge on any atom is 0.0400 e. The summed E-state index contributed by atoms with van der Waals surface area (Å²) in [5, 5.41) is 7.49. The van der Waals surface area contributed by atoms with Gasteiger partial charge in [0.25, 0.3) is 0 Å². The summed E-state index contributed by atoms with van der Waals surface area (Å²) in [7, 11) is 0. The highest BCUT2D eigenvalue weighted by molar-refractivity contribution is 7.99. The molecule has 0 amide bonds. The summed E-state index contributed by atoms with van der Waals surface area (Å²) in [4.78, 5) is 0. The molecular formula is C11H22N2S. The normalized spacial score (nSPS) is 39.2. The minimum atomic E-state index is 0.413. The fourth-order valence-corrected chi connectivity index (χ4v) is 3.68. The van der Waals surface area contributed by atoms with Crippen LogP contribution < -0.4 is 10.6 Å². The first-order chi connectivity index (χ1) is 6.72. The summed E-state index contributed by atoms with van der Waals surface area (Å²) in [6.07, 6.45) is 2.74. The van der Waals surface area contributed by atoms with Crippen molar-refractivity contribution < 1.29 is 0 Å². The van der Waals surface area contributed by atoms with Crippen molar-refractivity contribution in [3.63, 3.8) is 0 Å². The third-order valence-corrected chi connectivity index (χ3v) is 4.78. The van der Waals surface area contributed by atoms with Crippen molar-refractivity contribution in [1.82, 2.24) is 10.6 Å². The monoisotopic (exact) mass is 214 g/mol. The molecule has 1 unspecified atom stereocenters. The molecule has 2 aliphatic rings. The van der Waals surface area contributed by atoms with Gasteiger partial charge in [-0.15, -0.1) is 0 Å². The Kier molecular flexibility index (Phi) is 3.40. The summed E-state index contributed by atoms with van der Waals surface area (Å²) in [5.74, 6) is 3.39. The zero-order valence-corrected chi connectivity index (χ0v) is 10.1. The van der Waals surface area contributed by atoms with Crippen LogP contribution in [0.15, 0.2) is 0 Å². The molecule has 2 rings (SSSR count). The first-order valence-electron chi connectivity index (χ1n) is 5.78. The lowest BCUT2D eigenvalue weighted by Gasteiger charge is -2.46. The largest absolute Gasteiger partial charge is 0.313 e. The van der Waals surface area contributed by atoms with Crippen LogP contribution in [0.25, 0.3) is 0 Å². The fraction of sp³-hybridized carbons (Fsp3) is 1.00. The molecule has 2 aliphatic heterocycles. The van der Waals surface area contributed by atoms with E-state index in [1.807, 2.05) is 0 Å². The highest BCUT2D eigenvalue weighted by Gasteiger charge is 2.37. The van der Waals surface area contributed by atoms with Crippen LogP contribution in [0.4, 0.5) is 0 Å². The SMILES string of the molecule is CC(C)[C@@H]1CNCC2(CCCSC2)N1. The lowest BCUT2D eigenvalue weighted by atomic mass is 9.89. The van der Waals surface area contributed by atoms with E-state index in [1.165, 1.54) is 30.9 Å². The van der Waals surface area contributed by atoms with Gasteiger partial charge in [-0.1, -0.05) is 13.8 Å². The molecule has 2 heterocycles. The van der Waals surface area contributed by atoms with Crippen molar-refractivity contribution in [1.29, 1.82) is 0 Å². The molecule has 2 nitrogen and oxygen atoms in total. The van der Waals surface area contributed by atoms with Crippen molar-refractivity contribution >= 4 is 11.8 Å². The molecule has 2 atom stereocenters. The van der Waals surface area contributed by atoms with Crippen molar-refractivity contribution in [3.8, 4) is 0 Å². The van der Waals surface area contributed by atoms with Gasteiger partial charge >= 0.3 is 0 Å². The molecule has 0 aromatic heterocycles. The van der Waals surface area contributed by atoms with Crippen LogP contribution in [0.2, 0.25) is 0 Å². The van der Waals surface area contributed by atoms with Gasteiger partial charge in [-0.05, 0) is 24.5 Å². The predicted molar refractivity (Wildman–Crippen MR) is 63.9 cm³/mol. The van der Waals surface area contributed by atoms with Crippen LogP contribution in [-0.4, -0.2) is 36.2 Å². The van der Waals surface area contributed by atoms with E-state index in [0.717, 1.165) is 12.5 Å². The van der Waals surface area contributed by atoms with Gasteiger partial charge < -0.3 is 10.6 Å². The van der Waals surface area contributed by atoms with E-state index in [0.29, 0.717) is 11.6 Å². The molecule has 1 spiro atoms. The number of thioether (sulfide) groups is 1. The Hall–Kier alpha value is 0.270. The average Bonchev–Trinajstić information content (AvgIpc) is 2.19. The van der Waals surface area contributed by atoms with E-state index < -0.39 is 0 Å². The molecule has 0 aromatic carbocycles. The van der Waals surface area contributed by atoms with Gasteiger partial charge in [0.1, 0.15) is 0 Å². The smallest absolute Gasteiger partial charge is 0.0400 e. The number of rotatable bonds is 1. The van der Waals surface area contributed by atoms with Gasteiger partial charge in [0, 0.05) is 30.4 Å². The first-order valence-corrected chi connectivity index (χ1v) is 6.93. The number of hydrogen-bond donors (Lipinski definition) is 2. The maximum absolute atomic E-state index is 3.88. The van der Waals surface area contributed by atoms with Crippen LogP contribution in [0, 0.1) is 5.92 Å². The Morgan fingerprint density at radius 1 is 1.43 bits per heavy atom. The lowest BCUT2D eigenvalue weighted by Crippen LogP contribution is -2.66. The Morgan fingerprint density at radius 3 is 2.93 bits per heavy atom. The number of piperazine rings is 1. The minimum absolute atomic E-state index is 0.413. The van der Waals surface area contributed by atoms with Crippen molar-refractivity contribution in [3.05, 3.63) is 0 Å². The topological polar surface area (TPSA) is 24.1 Å². The third-order valence-electron chi connectivity index (χ3n) is 3.45. The molecule has 0 aromatic rings. The lowest BCUT2D eigenvalue weighted by molar-refractivity contribution is 0.198. The minimum Gasteiger partial charge on any atom is -0.313 e. The van der Waals surface area contributed by atoms with Crippen LogP contribution >= 0.6 is 11.8 Å². The Morgan fingerprint density at radius 2 is 2.29 bits per heavy atom. The van der Waals surface area contributed by atoms with Crippen LogP contribution in [0.3, 0.4) is 0 Å². The van der Waals surface area contributed by atoms with E-state index in [2.05, 4.69) is 36.2 Å². The molecule has 2 N–H and O–H groups in total. The van der Waals surface area contributed by atoms with Gasteiger partial charge in [0.15, 0.2) is 0 Å². The summed E-state index contributed by atoms with van der Waals surface area (Å²) < 4.78 is 0. The standard InChI is InChI=1S/C11H22N2S/c1-9(2)10-6-12-7-11(13-10)4-3-5-14-8-11/h9-10,12-13H,3-8H2,1-2H3/t10-,11?/m0/s1. The van der Waals surface area contributed by atoms with Crippen LogP contribution in [0.5, 0.6) is 0 Å². The van der Waals surface area contributed by atoms with Crippen molar-refractivity contribution in [2.45, 2.75) is 38.3 Å². The zero-order chi connectivity index (χ0) is 10.0. The molecule has 2 fully saturated rings. The van der Waals surface area contributed by atoms with Crippen LogP contribution in [0.1, 0.15) is 26.7 Å². The van der Waals surface area contributed by atoms with E-state index in [4.69, 9.17) is 0 Å². The Labute approximate surface area is 91.6 Å². The molecule has 0 bridgehead atoms. The second kappa shape index (κ2) is 4.42. The van der Waals surface area contributed by atoms with E-state index in [-0.39, 0.29) is 0 Å². The highest BCUT2D eigenvalue weighted by Crippen LogP contribution is 2.28. The van der Waals surface area contributed by atoms with Crippen molar-refractivity contribution in [2.75, 3.05) is 24.6 Å². The fourth-order valence-electron chi connectivity index (χ4n) is 2.47. The predicted octanol–water partition coefficient (Wildman–Crippen LogP) is 1.47. The zero-order valence-electron chi connectivity index (χ0n) is 9.31. The van der Waals surface area contributed by atoms with Gasteiger partial charge in [0.05, 0.1) is 0 Å². The first kappa shape index (κ1) is 10.8. The molecule has 2 saturated heterocycles. The molecule has 3 heteroatoms. The highest BCUT2D eigenvalue weighted by atomic mass is 32.2. The van der Waals surface area contributed by atoms with Crippen LogP contribution in [-0.2, 0) is 0 Å². The van der Waals surface area contributed by atoms with E-state index >= 15 is 0 Å². The maximum atomic E-state index is 3.88. The molecule has 0 saturated carbocycles. The van der Waals surface area contributed by atoms with E-state index in [1.54, 1.807) is 0 Å². The Bertz CT molecular complexity index is 182. The summed E-state index contributed by atoms with van der Waals surface area (Å²) >= 11 is 2.11. The average molecular weight is 214 g/mol. The third kappa shape index (κ3) is 2.26. The number of hydrogen-bond acceptors (Lipinski definition) is 3. The summed E-state index contributed by atoms with van der Waals surface area (Å²) in [6.45, 7) is 6.94. The quantitative estimate of drug-likeness (QED) is 0.691. The van der Waals surface area contributed by atoms with E-state index in [9.17, 15) is 0 Å². The summed E-state index contributed by atoms with van der Waals surface area (Å²) in [6, 6.07) is 0.669. The van der Waals surface area contributed by atoms with Crippen molar-refractivity contribution in [2.24, 2.45) is 5.92 Å². The molecular weight excluding hydrogens is 192 g/mol. The molecule has 0 aliphatic carbocycles.